The summed E-state index contributed by atoms with van der Waals surface area (Å²) in [7, 11) is 1.48. The highest BCUT2D eigenvalue weighted by atomic mass is 32.1. The molecule has 0 saturated heterocycles. The molecule has 0 bridgehead atoms. The second kappa shape index (κ2) is 7.59. The molecule has 0 fully saturated rings. The van der Waals surface area contributed by atoms with E-state index in [-0.39, 0.29) is 5.75 Å². The molecule has 0 atom stereocenters. The normalized spacial score (nSPS) is 10.7. The Balaban J connectivity index is 2.09. The Morgan fingerprint density at radius 3 is 3.00 bits per heavy atom. The van der Waals surface area contributed by atoms with E-state index < -0.39 is 5.97 Å². The highest BCUT2D eigenvalue weighted by molar-refractivity contribution is 7.17. The molecule has 0 spiro atoms. The van der Waals surface area contributed by atoms with Crippen molar-refractivity contribution in [1.29, 1.82) is 0 Å². The molecule has 8 heteroatoms. The van der Waals surface area contributed by atoms with Crippen LogP contribution < -0.4 is 10.2 Å². The van der Waals surface area contributed by atoms with E-state index in [9.17, 15) is 9.90 Å². The summed E-state index contributed by atoms with van der Waals surface area (Å²) in [6.07, 6.45) is 1.44. The molecule has 0 aliphatic rings. The predicted octanol–water partition coefficient (Wildman–Crippen LogP) is 2.79. The van der Waals surface area contributed by atoms with Crippen molar-refractivity contribution in [3.8, 4) is 11.5 Å². The maximum atomic E-state index is 11.7. The minimum Gasteiger partial charge on any atom is -0.504 e. The molecule has 2 aromatic rings. The number of ether oxygens (including phenoxy) is 2. The number of phenols is 1. The molecule has 23 heavy (non-hydrogen) atoms. The van der Waals surface area contributed by atoms with E-state index in [2.05, 4.69) is 15.5 Å². The van der Waals surface area contributed by atoms with Crippen molar-refractivity contribution in [3.05, 3.63) is 34.3 Å². The van der Waals surface area contributed by atoms with Crippen molar-refractivity contribution < 1.29 is 19.4 Å². The number of aromatic hydroxyl groups is 1. The quantitative estimate of drug-likeness (QED) is 0.479. The molecule has 0 aliphatic heterocycles. The molecule has 0 unspecified atom stereocenters. The zero-order chi connectivity index (χ0) is 16.8. The van der Waals surface area contributed by atoms with E-state index in [0.29, 0.717) is 33.6 Å². The third-order valence-corrected chi connectivity index (χ3v) is 3.91. The molecule has 1 heterocycles. The SMILES string of the molecule is CCOC(=O)c1sc(N/N=C/c2cccc(OC)c2O)nc1C. The number of nitrogens with one attached hydrogen (secondary N) is 1. The number of methoxy groups -OCH3 is 1. The number of nitrogens with zero attached hydrogens (tertiary/aromatic N) is 2. The summed E-state index contributed by atoms with van der Waals surface area (Å²) in [4.78, 5) is 16.4. The van der Waals surface area contributed by atoms with Gasteiger partial charge in [-0.15, -0.1) is 0 Å². The van der Waals surface area contributed by atoms with Crippen LogP contribution in [0.25, 0.3) is 0 Å². The van der Waals surface area contributed by atoms with Crippen molar-refractivity contribution >= 4 is 28.7 Å². The van der Waals surface area contributed by atoms with Gasteiger partial charge in [0.25, 0.3) is 0 Å². The van der Waals surface area contributed by atoms with Crippen LogP contribution >= 0.6 is 11.3 Å². The number of hydrogen-bond donors (Lipinski definition) is 2. The number of aromatic nitrogens is 1. The first-order chi connectivity index (χ1) is 11.1. The predicted molar refractivity (Wildman–Crippen MR) is 88.7 cm³/mol. The minimum absolute atomic E-state index is 0.00285. The molecule has 2 N–H and O–H groups in total. The number of hydrogen-bond acceptors (Lipinski definition) is 8. The molecule has 7 nitrogen and oxygen atoms in total. The maximum absolute atomic E-state index is 11.7. The van der Waals surface area contributed by atoms with E-state index in [4.69, 9.17) is 9.47 Å². The molecule has 1 aromatic carbocycles. The Bertz CT molecular complexity index is 728. The number of carbonyl (C=O) groups excluding carboxylic acids is 1. The van der Waals surface area contributed by atoms with E-state index in [0.717, 1.165) is 11.3 Å². The standard InChI is InChI=1S/C15H17N3O4S/c1-4-22-14(20)13-9(2)17-15(23-13)18-16-8-10-6-5-7-11(21-3)12(10)19/h5-8,19H,4H2,1-3H3,(H,17,18)/b16-8+. The lowest BCUT2D eigenvalue weighted by atomic mass is 10.2. The monoisotopic (exact) mass is 335 g/mol. The van der Waals surface area contributed by atoms with Gasteiger partial charge < -0.3 is 14.6 Å². The molecule has 2 rings (SSSR count). The topological polar surface area (TPSA) is 93.0 Å². The number of benzene rings is 1. The van der Waals surface area contributed by atoms with Gasteiger partial charge in [0.1, 0.15) is 4.88 Å². The Morgan fingerprint density at radius 1 is 1.52 bits per heavy atom. The fourth-order valence-corrected chi connectivity index (χ4v) is 2.61. The van der Waals surface area contributed by atoms with E-state index in [1.165, 1.54) is 13.3 Å². The Kier molecular flexibility index (Phi) is 5.53. The number of rotatable bonds is 6. The van der Waals surface area contributed by atoms with Crippen molar-refractivity contribution in [2.75, 3.05) is 19.1 Å². The third kappa shape index (κ3) is 3.98. The first-order valence-electron chi connectivity index (χ1n) is 6.86. The third-order valence-electron chi connectivity index (χ3n) is 2.87. The first-order valence-corrected chi connectivity index (χ1v) is 7.68. The average Bonchev–Trinajstić information content (AvgIpc) is 2.90. The zero-order valence-corrected chi connectivity index (χ0v) is 13.8. The number of phenolic OH excluding ortho intramolecular Hbond substituents is 1. The number of para-hydroxylation sites is 1. The molecule has 1 aromatic heterocycles. The van der Waals surface area contributed by atoms with E-state index >= 15 is 0 Å². The van der Waals surface area contributed by atoms with Crippen LogP contribution in [0.4, 0.5) is 5.13 Å². The highest BCUT2D eigenvalue weighted by Crippen LogP contribution is 2.28. The van der Waals surface area contributed by atoms with Gasteiger partial charge in [0, 0.05) is 5.56 Å². The number of thiazole rings is 1. The summed E-state index contributed by atoms with van der Waals surface area (Å²) < 4.78 is 9.98. The zero-order valence-electron chi connectivity index (χ0n) is 13.0. The molecular weight excluding hydrogens is 318 g/mol. The second-order valence-corrected chi connectivity index (χ2v) is 5.42. The maximum Gasteiger partial charge on any atom is 0.350 e. The summed E-state index contributed by atoms with van der Waals surface area (Å²) in [6.45, 7) is 3.79. The van der Waals surface area contributed by atoms with Crippen LogP contribution in [0.2, 0.25) is 0 Å². The Hall–Kier alpha value is -2.61. The van der Waals surface area contributed by atoms with Crippen LogP contribution in [-0.4, -0.2) is 36.0 Å². The van der Waals surface area contributed by atoms with E-state index in [1.54, 1.807) is 32.0 Å². The summed E-state index contributed by atoms with van der Waals surface area (Å²) in [5.41, 5.74) is 3.81. The number of hydrazone groups is 1. The van der Waals surface area contributed by atoms with Gasteiger partial charge in [0.15, 0.2) is 11.5 Å². The molecule has 122 valence electrons. The van der Waals surface area contributed by atoms with Crippen molar-refractivity contribution in [3.63, 3.8) is 0 Å². The lowest BCUT2D eigenvalue weighted by Crippen LogP contribution is -2.03. The molecule has 0 aliphatic carbocycles. The molecule has 0 radical (unpaired) electrons. The van der Waals surface area contributed by atoms with Crippen LogP contribution in [0.3, 0.4) is 0 Å². The van der Waals surface area contributed by atoms with Gasteiger partial charge in [0.05, 0.1) is 25.6 Å². The van der Waals surface area contributed by atoms with Crippen LogP contribution in [0, 0.1) is 6.92 Å². The first kappa shape index (κ1) is 16.8. The summed E-state index contributed by atoms with van der Waals surface area (Å²) >= 11 is 1.16. The smallest absolute Gasteiger partial charge is 0.350 e. The van der Waals surface area contributed by atoms with Crippen LogP contribution in [0.15, 0.2) is 23.3 Å². The molecular formula is C15H17N3O4S. The minimum atomic E-state index is -0.398. The summed E-state index contributed by atoms with van der Waals surface area (Å²) in [6, 6.07) is 5.09. The number of carbonyl (C=O) groups is 1. The highest BCUT2D eigenvalue weighted by Gasteiger charge is 2.16. The van der Waals surface area contributed by atoms with Gasteiger partial charge in [-0.05, 0) is 26.0 Å². The van der Waals surface area contributed by atoms with E-state index in [1.807, 2.05) is 0 Å². The average molecular weight is 335 g/mol. The summed E-state index contributed by atoms with van der Waals surface area (Å²) in [5, 5.41) is 14.4. The van der Waals surface area contributed by atoms with Gasteiger partial charge in [-0.25, -0.2) is 9.78 Å². The van der Waals surface area contributed by atoms with Crippen molar-refractivity contribution in [1.82, 2.24) is 4.98 Å². The van der Waals surface area contributed by atoms with Crippen LogP contribution in [-0.2, 0) is 4.74 Å². The largest absolute Gasteiger partial charge is 0.504 e. The number of anilines is 1. The second-order valence-electron chi connectivity index (χ2n) is 4.42. The van der Waals surface area contributed by atoms with Gasteiger partial charge in [-0.3, -0.25) is 5.43 Å². The van der Waals surface area contributed by atoms with Crippen molar-refractivity contribution in [2.24, 2.45) is 5.10 Å². The molecule has 0 saturated carbocycles. The van der Waals surface area contributed by atoms with Gasteiger partial charge >= 0.3 is 5.97 Å². The lowest BCUT2D eigenvalue weighted by Gasteiger charge is -2.04. The fraction of sp³-hybridized carbons (Fsp3) is 0.267. The Morgan fingerprint density at radius 2 is 2.30 bits per heavy atom. The lowest BCUT2D eigenvalue weighted by molar-refractivity contribution is 0.0531. The van der Waals surface area contributed by atoms with Gasteiger partial charge in [-0.2, -0.15) is 5.10 Å². The van der Waals surface area contributed by atoms with Crippen LogP contribution in [0.1, 0.15) is 27.9 Å². The van der Waals surface area contributed by atoms with Gasteiger partial charge in [-0.1, -0.05) is 17.4 Å². The van der Waals surface area contributed by atoms with Crippen molar-refractivity contribution in [2.45, 2.75) is 13.8 Å². The molecule has 0 amide bonds. The number of esters is 1. The summed E-state index contributed by atoms with van der Waals surface area (Å²) in [5.74, 6) is -0.0308. The van der Waals surface area contributed by atoms with Gasteiger partial charge in [0.2, 0.25) is 5.13 Å². The Labute approximate surface area is 137 Å². The van der Waals surface area contributed by atoms with Crippen LogP contribution in [0.5, 0.6) is 11.5 Å². The fourth-order valence-electron chi connectivity index (χ4n) is 1.80. The number of aryl methyl sites for hydroxylation is 1.